The average molecular weight is 279 g/mol. The average Bonchev–Trinajstić information content (AvgIpc) is 3.25. The molecule has 1 saturated carbocycles. The van der Waals surface area contributed by atoms with Gasteiger partial charge in [0.25, 0.3) is 0 Å². The lowest BCUT2D eigenvalue weighted by Gasteiger charge is -2.42. The van der Waals surface area contributed by atoms with Crippen LogP contribution in [0.1, 0.15) is 39.0 Å². The molecular formula is C15H25N3O2. The van der Waals surface area contributed by atoms with Crippen molar-refractivity contribution in [2.45, 2.75) is 57.2 Å². The Kier molecular flexibility index (Phi) is 3.71. The third kappa shape index (κ3) is 2.55. The molecule has 0 aromatic carbocycles. The maximum atomic E-state index is 12.6. The fourth-order valence-electron chi connectivity index (χ4n) is 3.45. The Hall–Kier alpha value is -1.10. The summed E-state index contributed by atoms with van der Waals surface area (Å²) in [5.41, 5.74) is 0. The summed E-state index contributed by atoms with van der Waals surface area (Å²) in [6.45, 7) is 3.64. The molecule has 5 heteroatoms. The van der Waals surface area contributed by atoms with Crippen LogP contribution in [-0.4, -0.2) is 59.9 Å². The van der Waals surface area contributed by atoms with Gasteiger partial charge in [0.2, 0.25) is 11.8 Å². The number of carbonyl (C=O) groups is 2. The summed E-state index contributed by atoms with van der Waals surface area (Å²) >= 11 is 0. The minimum Gasteiger partial charge on any atom is -0.342 e. The summed E-state index contributed by atoms with van der Waals surface area (Å²) in [6, 6.07) is -0.179. The van der Waals surface area contributed by atoms with Gasteiger partial charge in [0.15, 0.2) is 0 Å². The van der Waals surface area contributed by atoms with Crippen molar-refractivity contribution in [3.05, 3.63) is 0 Å². The van der Waals surface area contributed by atoms with Gasteiger partial charge in [-0.2, -0.15) is 0 Å². The van der Waals surface area contributed by atoms with E-state index in [1.807, 2.05) is 11.8 Å². The van der Waals surface area contributed by atoms with Gasteiger partial charge in [0.05, 0.1) is 0 Å². The Morgan fingerprint density at radius 2 is 1.95 bits per heavy atom. The highest BCUT2D eigenvalue weighted by Crippen LogP contribution is 2.35. The maximum absolute atomic E-state index is 12.6. The van der Waals surface area contributed by atoms with E-state index in [2.05, 4.69) is 17.3 Å². The van der Waals surface area contributed by atoms with Gasteiger partial charge in [-0.3, -0.25) is 9.59 Å². The van der Waals surface area contributed by atoms with Gasteiger partial charge < -0.3 is 15.1 Å². The van der Waals surface area contributed by atoms with Crippen LogP contribution in [-0.2, 0) is 9.59 Å². The first-order valence-corrected chi connectivity index (χ1v) is 7.89. The van der Waals surface area contributed by atoms with Crippen LogP contribution in [0.5, 0.6) is 0 Å². The molecule has 1 N–H and O–H groups in total. The molecule has 2 amide bonds. The zero-order valence-electron chi connectivity index (χ0n) is 12.5. The Balaban J connectivity index is 1.71. The normalized spacial score (nSPS) is 36.1. The lowest BCUT2D eigenvalue weighted by atomic mass is 9.99. The molecule has 0 spiro atoms. The summed E-state index contributed by atoms with van der Waals surface area (Å²) in [5.74, 6) is 0.532. The number of rotatable bonds is 3. The van der Waals surface area contributed by atoms with E-state index in [4.69, 9.17) is 0 Å². The molecule has 3 aliphatic rings. The largest absolute Gasteiger partial charge is 0.342 e. The first kappa shape index (κ1) is 13.9. The molecule has 20 heavy (non-hydrogen) atoms. The van der Waals surface area contributed by atoms with Crippen LogP contribution in [0, 0.1) is 5.92 Å². The van der Waals surface area contributed by atoms with Crippen LogP contribution in [0.2, 0.25) is 0 Å². The Morgan fingerprint density at radius 1 is 1.20 bits per heavy atom. The van der Waals surface area contributed by atoms with E-state index in [0.29, 0.717) is 18.5 Å². The molecule has 2 heterocycles. The highest BCUT2D eigenvalue weighted by molar-refractivity contribution is 5.97. The lowest BCUT2D eigenvalue weighted by Crippen LogP contribution is -2.65. The van der Waals surface area contributed by atoms with E-state index in [1.165, 1.54) is 12.8 Å². The third-order valence-corrected chi connectivity index (χ3v) is 5.12. The number of nitrogens with zero attached hydrogens (tertiary/aromatic N) is 2. The summed E-state index contributed by atoms with van der Waals surface area (Å²) in [4.78, 5) is 28.9. The van der Waals surface area contributed by atoms with Crippen LogP contribution >= 0.6 is 0 Å². The number of carbonyl (C=O) groups excluding carboxylic acids is 2. The second-order valence-corrected chi connectivity index (χ2v) is 6.62. The highest BCUT2D eigenvalue weighted by Gasteiger charge is 2.46. The Morgan fingerprint density at radius 3 is 2.60 bits per heavy atom. The summed E-state index contributed by atoms with van der Waals surface area (Å²) in [7, 11) is 2.13. The zero-order valence-corrected chi connectivity index (χ0v) is 12.5. The number of hydrogen-bond acceptors (Lipinski definition) is 3. The zero-order chi connectivity index (χ0) is 14.3. The molecule has 112 valence electrons. The van der Waals surface area contributed by atoms with Crippen LogP contribution in [0.25, 0.3) is 0 Å². The minimum absolute atomic E-state index is 0.0139. The van der Waals surface area contributed by atoms with Crippen LogP contribution in [0.15, 0.2) is 0 Å². The van der Waals surface area contributed by atoms with E-state index in [0.717, 1.165) is 25.8 Å². The number of amides is 2. The predicted molar refractivity (Wildman–Crippen MR) is 76.1 cm³/mol. The summed E-state index contributed by atoms with van der Waals surface area (Å²) in [6.07, 6.45) is 5.73. The molecular weight excluding hydrogens is 254 g/mol. The molecule has 3 atom stereocenters. The van der Waals surface area contributed by atoms with Gasteiger partial charge in [-0.25, -0.2) is 0 Å². The number of likely N-dealkylation sites (tertiary alicyclic amines) is 1. The number of piperidine rings is 1. The number of nitrogens with one attached hydrogen (secondary N) is 1. The molecule has 0 bridgehead atoms. The fourth-order valence-corrected chi connectivity index (χ4v) is 3.45. The van der Waals surface area contributed by atoms with Crippen molar-refractivity contribution in [2.75, 3.05) is 20.1 Å². The van der Waals surface area contributed by atoms with Gasteiger partial charge in [0.1, 0.15) is 12.1 Å². The first-order valence-electron chi connectivity index (χ1n) is 7.89. The quantitative estimate of drug-likeness (QED) is 0.823. The predicted octanol–water partition coefficient (Wildman–Crippen LogP) is 0.596. The fraction of sp³-hybridized carbons (Fsp3) is 0.867. The van der Waals surface area contributed by atoms with E-state index in [1.54, 1.807) is 0 Å². The van der Waals surface area contributed by atoms with Crippen LogP contribution < -0.4 is 5.32 Å². The second-order valence-electron chi connectivity index (χ2n) is 6.62. The number of hydrogen-bond donors (Lipinski definition) is 1. The van der Waals surface area contributed by atoms with Crippen molar-refractivity contribution in [3.63, 3.8) is 0 Å². The van der Waals surface area contributed by atoms with E-state index in [-0.39, 0.29) is 23.9 Å². The molecule has 3 unspecified atom stereocenters. The first-order chi connectivity index (χ1) is 9.58. The smallest absolute Gasteiger partial charge is 0.246 e. The molecule has 1 aliphatic carbocycles. The summed E-state index contributed by atoms with van der Waals surface area (Å²) in [5, 5.41) is 2.91. The van der Waals surface area contributed by atoms with Crippen LogP contribution in [0.4, 0.5) is 0 Å². The van der Waals surface area contributed by atoms with Gasteiger partial charge in [-0.1, -0.05) is 6.42 Å². The molecule has 2 aliphatic heterocycles. The molecule has 3 fully saturated rings. The lowest BCUT2D eigenvalue weighted by molar-refractivity contribution is -0.150. The van der Waals surface area contributed by atoms with E-state index in [9.17, 15) is 9.59 Å². The van der Waals surface area contributed by atoms with Gasteiger partial charge in [-0.15, -0.1) is 0 Å². The van der Waals surface area contributed by atoms with Crippen molar-refractivity contribution < 1.29 is 9.59 Å². The highest BCUT2D eigenvalue weighted by atomic mass is 16.2. The van der Waals surface area contributed by atoms with Gasteiger partial charge in [-0.05, 0) is 52.1 Å². The Bertz CT molecular complexity index is 408. The van der Waals surface area contributed by atoms with Crippen molar-refractivity contribution in [1.29, 1.82) is 0 Å². The SMILES string of the molecule is CC1C(=O)NC(C2CC2)C(=O)N1CC1CCCCN1C. The van der Waals surface area contributed by atoms with E-state index >= 15 is 0 Å². The van der Waals surface area contributed by atoms with E-state index < -0.39 is 0 Å². The second kappa shape index (κ2) is 5.35. The number of likely N-dealkylation sites (N-methyl/N-ethyl adjacent to an activating group) is 1. The van der Waals surface area contributed by atoms with Crippen molar-refractivity contribution in [3.8, 4) is 0 Å². The van der Waals surface area contributed by atoms with Crippen molar-refractivity contribution in [1.82, 2.24) is 15.1 Å². The molecule has 3 rings (SSSR count). The van der Waals surface area contributed by atoms with Crippen molar-refractivity contribution in [2.24, 2.45) is 5.92 Å². The molecule has 0 aromatic rings. The summed E-state index contributed by atoms with van der Waals surface area (Å²) < 4.78 is 0. The standard InChI is InChI=1S/C15H25N3O2/c1-10-14(19)16-13(11-6-7-11)15(20)18(10)9-12-5-3-4-8-17(12)2/h10-13H,3-9H2,1-2H3,(H,16,19). The third-order valence-electron chi connectivity index (χ3n) is 5.12. The minimum atomic E-state index is -0.326. The van der Waals surface area contributed by atoms with Crippen LogP contribution in [0.3, 0.4) is 0 Å². The molecule has 0 aromatic heterocycles. The van der Waals surface area contributed by atoms with Gasteiger partial charge >= 0.3 is 0 Å². The van der Waals surface area contributed by atoms with Gasteiger partial charge in [0, 0.05) is 12.6 Å². The molecule has 0 radical (unpaired) electrons. The monoisotopic (exact) mass is 279 g/mol. The molecule has 2 saturated heterocycles. The van der Waals surface area contributed by atoms with Crippen molar-refractivity contribution >= 4 is 11.8 Å². The number of piperazine rings is 1. The topological polar surface area (TPSA) is 52.7 Å². The maximum Gasteiger partial charge on any atom is 0.246 e. The Labute approximate surface area is 120 Å². The molecule has 5 nitrogen and oxygen atoms in total.